The molecule has 3 rings (SSSR count). The Hall–Kier alpha value is -0.0800. The molecule has 0 aromatic rings. The number of hydrogen-bond acceptors (Lipinski definition) is 2. The zero-order chi connectivity index (χ0) is 13.1. The molecule has 0 bridgehead atoms. The van der Waals surface area contributed by atoms with Gasteiger partial charge in [0.05, 0.1) is 0 Å². The molecule has 1 unspecified atom stereocenters. The maximum Gasteiger partial charge on any atom is 0.0363 e. The number of rotatable bonds is 3. The average molecular weight is 264 g/mol. The van der Waals surface area contributed by atoms with Gasteiger partial charge in [0.15, 0.2) is 0 Å². The SMILES string of the molecule is NC(C1CCCCC1)C1(N2CCCCC2)CCCC1. The predicted molar refractivity (Wildman–Crippen MR) is 81.2 cm³/mol. The van der Waals surface area contributed by atoms with Crippen LogP contribution in [0.2, 0.25) is 0 Å². The molecule has 110 valence electrons. The Morgan fingerprint density at radius 1 is 0.789 bits per heavy atom. The van der Waals surface area contributed by atoms with Crippen molar-refractivity contribution < 1.29 is 0 Å². The van der Waals surface area contributed by atoms with Crippen LogP contribution in [0.5, 0.6) is 0 Å². The third kappa shape index (κ3) is 2.71. The van der Waals surface area contributed by atoms with Crippen molar-refractivity contribution in [2.75, 3.05) is 13.1 Å². The minimum atomic E-state index is 0.391. The second-order valence-corrected chi connectivity index (χ2v) is 7.28. The van der Waals surface area contributed by atoms with E-state index in [1.807, 2.05) is 0 Å². The van der Waals surface area contributed by atoms with Crippen molar-refractivity contribution in [2.45, 2.75) is 88.6 Å². The summed E-state index contributed by atoms with van der Waals surface area (Å²) in [6.45, 7) is 2.64. The van der Waals surface area contributed by atoms with Gasteiger partial charge in [-0.05, 0) is 57.5 Å². The van der Waals surface area contributed by atoms with Gasteiger partial charge in [-0.15, -0.1) is 0 Å². The highest BCUT2D eigenvalue weighted by Crippen LogP contribution is 2.43. The van der Waals surface area contributed by atoms with Crippen LogP contribution in [0.25, 0.3) is 0 Å². The van der Waals surface area contributed by atoms with Gasteiger partial charge in [-0.2, -0.15) is 0 Å². The van der Waals surface area contributed by atoms with E-state index in [2.05, 4.69) is 4.90 Å². The summed E-state index contributed by atoms with van der Waals surface area (Å²) < 4.78 is 0. The van der Waals surface area contributed by atoms with Crippen molar-refractivity contribution >= 4 is 0 Å². The van der Waals surface area contributed by atoms with Crippen LogP contribution >= 0.6 is 0 Å². The van der Waals surface area contributed by atoms with E-state index in [0.29, 0.717) is 11.6 Å². The number of piperidine rings is 1. The standard InChI is InChI=1S/C17H32N2/c18-16(15-9-3-1-4-10-15)17(11-5-6-12-17)19-13-7-2-8-14-19/h15-16H,1-14,18H2. The van der Waals surface area contributed by atoms with E-state index in [1.54, 1.807) is 0 Å². The van der Waals surface area contributed by atoms with Gasteiger partial charge in [0.1, 0.15) is 0 Å². The number of likely N-dealkylation sites (tertiary alicyclic amines) is 1. The molecular formula is C17H32N2. The zero-order valence-electron chi connectivity index (χ0n) is 12.6. The van der Waals surface area contributed by atoms with Gasteiger partial charge < -0.3 is 5.73 Å². The molecule has 1 saturated heterocycles. The van der Waals surface area contributed by atoms with Crippen molar-refractivity contribution in [1.29, 1.82) is 0 Å². The van der Waals surface area contributed by atoms with Crippen molar-refractivity contribution in [2.24, 2.45) is 11.7 Å². The van der Waals surface area contributed by atoms with Gasteiger partial charge in [0.25, 0.3) is 0 Å². The van der Waals surface area contributed by atoms with Crippen LogP contribution in [0.1, 0.15) is 77.0 Å². The zero-order valence-corrected chi connectivity index (χ0v) is 12.6. The fraction of sp³-hybridized carbons (Fsp3) is 1.00. The summed E-state index contributed by atoms with van der Waals surface area (Å²) in [6.07, 6.45) is 16.9. The summed E-state index contributed by atoms with van der Waals surface area (Å²) in [6, 6.07) is 0.452. The van der Waals surface area contributed by atoms with Crippen molar-refractivity contribution in [3.8, 4) is 0 Å². The van der Waals surface area contributed by atoms with Crippen LogP contribution in [-0.4, -0.2) is 29.6 Å². The molecular weight excluding hydrogens is 232 g/mol. The summed E-state index contributed by atoms with van der Waals surface area (Å²) in [5.41, 5.74) is 7.27. The highest BCUT2D eigenvalue weighted by atomic mass is 15.2. The molecule has 1 atom stereocenters. The third-order valence-electron chi connectivity index (χ3n) is 6.23. The highest BCUT2D eigenvalue weighted by Gasteiger charge is 2.47. The van der Waals surface area contributed by atoms with Crippen LogP contribution in [0, 0.1) is 5.92 Å². The summed E-state index contributed by atoms with van der Waals surface area (Å²) in [5, 5.41) is 0. The van der Waals surface area contributed by atoms with Crippen LogP contribution in [0.4, 0.5) is 0 Å². The minimum Gasteiger partial charge on any atom is -0.326 e. The lowest BCUT2D eigenvalue weighted by Gasteiger charge is -2.50. The van der Waals surface area contributed by atoms with E-state index in [-0.39, 0.29) is 0 Å². The normalized spacial score (nSPS) is 31.4. The first-order valence-electron chi connectivity index (χ1n) is 8.84. The smallest absolute Gasteiger partial charge is 0.0363 e. The Bertz CT molecular complexity index is 271. The second kappa shape index (κ2) is 6.13. The molecule has 0 aromatic heterocycles. The molecule has 0 radical (unpaired) electrons. The molecule has 2 heteroatoms. The van der Waals surface area contributed by atoms with E-state index in [1.165, 1.54) is 90.1 Å². The van der Waals surface area contributed by atoms with Crippen molar-refractivity contribution in [3.63, 3.8) is 0 Å². The summed E-state index contributed by atoms with van der Waals surface area (Å²) in [4.78, 5) is 2.82. The van der Waals surface area contributed by atoms with E-state index in [4.69, 9.17) is 5.73 Å². The Kier molecular flexibility index (Phi) is 4.48. The van der Waals surface area contributed by atoms with E-state index in [9.17, 15) is 0 Å². The first kappa shape index (κ1) is 13.9. The summed E-state index contributed by atoms with van der Waals surface area (Å²) in [5.74, 6) is 0.814. The maximum atomic E-state index is 6.88. The molecule has 3 aliphatic rings. The summed E-state index contributed by atoms with van der Waals surface area (Å²) >= 11 is 0. The van der Waals surface area contributed by atoms with E-state index >= 15 is 0 Å². The van der Waals surface area contributed by atoms with Gasteiger partial charge in [-0.25, -0.2) is 0 Å². The Balaban J connectivity index is 1.74. The van der Waals surface area contributed by atoms with E-state index < -0.39 is 0 Å². The van der Waals surface area contributed by atoms with Crippen LogP contribution < -0.4 is 5.73 Å². The molecule has 0 amide bonds. The second-order valence-electron chi connectivity index (χ2n) is 7.28. The molecule has 2 saturated carbocycles. The monoisotopic (exact) mass is 264 g/mol. The first-order chi connectivity index (χ1) is 9.33. The predicted octanol–water partition coefficient (Wildman–Crippen LogP) is 3.69. The van der Waals surface area contributed by atoms with Gasteiger partial charge in [-0.3, -0.25) is 4.90 Å². The molecule has 1 heterocycles. The number of hydrogen-bond donors (Lipinski definition) is 1. The molecule has 2 N–H and O–H groups in total. The molecule has 1 aliphatic heterocycles. The molecule has 3 fully saturated rings. The van der Waals surface area contributed by atoms with Gasteiger partial charge >= 0.3 is 0 Å². The lowest BCUT2D eigenvalue weighted by molar-refractivity contribution is 0.0242. The Morgan fingerprint density at radius 2 is 1.37 bits per heavy atom. The van der Waals surface area contributed by atoms with Gasteiger partial charge in [0.2, 0.25) is 0 Å². The van der Waals surface area contributed by atoms with Gasteiger partial charge in [0, 0.05) is 11.6 Å². The molecule has 2 nitrogen and oxygen atoms in total. The quantitative estimate of drug-likeness (QED) is 0.842. The molecule has 0 aromatic carbocycles. The number of nitrogens with two attached hydrogens (primary N) is 1. The molecule has 0 spiro atoms. The van der Waals surface area contributed by atoms with Crippen LogP contribution in [0.15, 0.2) is 0 Å². The lowest BCUT2D eigenvalue weighted by atomic mass is 9.73. The fourth-order valence-corrected chi connectivity index (χ4v) is 5.12. The summed E-state index contributed by atoms with van der Waals surface area (Å²) in [7, 11) is 0. The first-order valence-corrected chi connectivity index (χ1v) is 8.84. The molecule has 2 aliphatic carbocycles. The van der Waals surface area contributed by atoms with Crippen LogP contribution in [-0.2, 0) is 0 Å². The van der Waals surface area contributed by atoms with Crippen LogP contribution in [0.3, 0.4) is 0 Å². The maximum absolute atomic E-state index is 6.88. The lowest BCUT2D eigenvalue weighted by Crippen LogP contribution is -2.62. The minimum absolute atomic E-state index is 0.391. The molecule has 19 heavy (non-hydrogen) atoms. The highest BCUT2D eigenvalue weighted by molar-refractivity contribution is 5.05. The number of nitrogens with zero attached hydrogens (tertiary/aromatic N) is 1. The fourth-order valence-electron chi connectivity index (χ4n) is 5.12. The largest absolute Gasteiger partial charge is 0.326 e. The Labute approximate surface area is 119 Å². The van der Waals surface area contributed by atoms with Crippen molar-refractivity contribution in [1.82, 2.24) is 4.90 Å². The van der Waals surface area contributed by atoms with Gasteiger partial charge in [-0.1, -0.05) is 38.5 Å². The Morgan fingerprint density at radius 3 is 2.00 bits per heavy atom. The third-order valence-corrected chi connectivity index (χ3v) is 6.23. The van der Waals surface area contributed by atoms with E-state index in [0.717, 1.165) is 5.92 Å². The van der Waals surface area contributed by atoms with Crippen molar-refractivity contribution in [3.05, 3.63) is 0 Å². The average Bonchev–Trinajstić information content (AvgIpc) is 2.99. The topological polar surface area (TPSA) is 29.3 Å².